The van der Waals surface area contributed by atoms with Crippen LogP contribution in [0.4, 0.5) is 0 Å². The first kappa shape index (κ1) is 16.0. The van der Waals surface area contributed by atoms with Crippen LogP contribution in [0, 0.1) is 5.92 Å². The molecule has 0 amide bonds. The standard InChI is InChI=1S/C17H26N2O2/c1-14(2)13-19-10-8-17(9-11-19,16(20)21)18-12-15-6-4-3-5-7-15/h3-7,14,18H,8-13H2,1-2H3,(H,20,21). The van der Waals surface area contributed by atoms with E-state index in [1.54, 1.807) is 0 Å². The van der Waals surface area contributed by atoms with Crippen LogP contribution >= 0.6 is 0 Å². The first-order chi connectivity index (χ1) is 10.0. The Kier molecular flexibility index (Phi) is 5.37. The van der Waals surface area contributed by atoms with Crippen LogP contribution in [-0.2, 0) is 11.3 Å². The molecule has 1 aromatic carbocycles. The number of rotatable bonds is 6. The number of aliphatic carboxylic acids is 1. The summed E-state index contributed by atoms with van der Waals surface area (Å²) in [5, 5.41) is 13.0. The number of likely N-dealkylation sites (tertiary alicyclic amines) is 1. The lowest BCUT2D eigenvalue weighted by atomic mass is 9.87. The van der Waals surface area contributed by atoms with E-state index in [1.807, 2.05) is 30.3 Å². The van der Waals surface area contributed by atoms with Gasteiger partial charge in [0.15, 0.2) is 0 Å². The fraction of sp³-hybridized carbons (Fsp3) is 0.588. The number of carbonyl (C=O) groups is 1. The number of benzene rings is 1. The van der Waals surface area contributed by atoms with Crippen LogP contribution in [-0.4, -0.2) is 41.1 Å². The monoisotopic (exact) mass is 290 g/mol. The highest BCUT2D eigenvalue weighted by molar-refractivity contribution is 5.79. The quantitative estimate of drug-likeness (QED) is 0.844. The van der Waals surface area contributed by atoms with Crippen LogP contribution in [0.3, 0.4) is 0 Å². The maximum absolute atomic E-state index is 11.7. The van der Waals surface area contributed by atoms with Crippen molar-refractivity contribution in [3.63, 3.8) is 0 Å². The summed E-state index contributed by atoms with van der Waals surface area (Å²) in [6.07, 6.45) is 1.34. The molecule has 0 saturated carbocycles. The highest BCUT2D eigenvalue weighted by Gasteiger charge is 2.41. The summed E-state index contributed by atoms with van der Waals surface area (Å²) >= 11 is 0. The van der Waals surface area contributed by atoms with Crippen molar-refractivity contribution < 1.29 is 9.90 Å². The molecule has 2 rings (SSSR count). The van der Waals surface area contributed by atoms with Crippen molar-refractivity contribution in [3.8, 4) is 0 Å². The van der Waals surface area contributed by atoms with Gasteiger partial charge in [0.05, 0.1) is 0 Å². The van der Waals surface area contributed by atoms with E-state index < -0.39 is 11.5 Å². The molecule has 4 heteroatoms. The van der Waals surface area contributed by atoms with Crippen LogP contribution in [0.5, 0.6) is 0 Å². The van der Waals surface area contributed by atoms with E-state index in [9.17, 15) is 9.90 Å². The molecular formula is C17H26N2O2. The summed E-state index contributed by atoms with van der Waals surface area (Å²) < 4.78 is 0. The van der Waals surface area contributed by atoms with Gasteiger partial charge in [-0.1, -0.05) is 44.2 Å². The molecule has 0 atom stereocenters. The van der Waals surface area contributed by atoms with Gasteiger partial charge >= 0.3 is 5.97 Å². The summed E-state index contributed by atoms with van der Waals surface area (Å²) in [5.41, 5.74) is 0.353. The van der Waals surface area contributed by atoms with Crippen molar-refractivity contribution in [2.45, 2.75) is 38.8 Å². The SMILES string of the molecule is CC(C)CN1CCC(NCc2ccccc2)(C(=O)O)CC1. The van der Waals surface area contributed by atoms with Gasteiger partial charge in [-0.2, -0.15) is 0 Å². The van der Waals surface area contributed by atoms with Gasteiger partial charge in [-0.15, -0.1) is 0 Å². The van der Waals surface area contributed by atoms with Gasteiger partial charge in [0.2, 0.25) is 0 Å². The molecular weight excluding hydrogens is 264 g/mol. The van der Waals surface area contributed by atoms with E-state index in [2.05, 4.69) is 24.1 Å². The molecule has 2 N–H and O–H groups in total. The van der Waals surface area contributed by atoms with Crippen molar-refractivity contribution in [2.24, 2.45) is 5.92 Å². The lowest BCUT2D eigenvalue weighted by Crippen LogP contribution is -2.58. The number of hydrogen-bond donors (Lipinski definition) is 2. The highest BCUT2D eigenvalue weighted by Crippen LogP contribution is 2.24. The van der Waals surface area contributed by atoms with E-state index in [0.717, 1.165) is 25.2 Å². The van der Waals surface area contributed by atoms with Crippen LogP contribution in [0.25, 0.3) is 0 Å². The number of piperidine rings is 1. The predicted octanol–water partition coefficient (Wildman–Crippen LogP) is 2.35. The molecule has 1 aromatic rings. The summed E-state index contributed by atoms with van der Waals surface area (Å²) in [5.74, 6) is -0.0952. The maximum atomic E-state index is 11.7. The lowest BCUT2D eigenvalue weighted by molar-refractivity contribution is -0.147. The largest absolute Gasteiger partial charge is 0.480 e. The molecule has 1 aliphatic heterocycles. The zero-order chi connectivity index (χ0) is 15.3. The van der Waals surface area contributed by atoms with E-state index in [1.165, 1.54) is 0 Å². The Morgan fingerprint density at radius 2 is 1.90 bits per heavy atom. The van der Waals surface area contributed by atoms with Gasteiger partial charge in [-0.25, -0.2) is 0 Å². The van der Waals surface area contributed by atoms with Gasteiger partial charge < -0.3 is 10.0 Å². The average molecular weight is 290 g/mol. The summed E-state index contributed by atoms with van der Waals surface area (Å²) in [7, 11) is 0. The molecule has 4 nitrogen and oxygen atoms in total. The molecule has 1 saturated heterocycles. The molecule has 1 fully saturated rings. The second-order valence-corrected chi connectivity index (χ2v) is 6.42. The minimum absolute atomic E-state index is 0.608. The van der Waals surface area contributed by atoms with E-state index in [0.29, 0.717) is 25.3 Å². The molecule has 0 spiro atoms. The van der Waals surface area contributed by atoms with E-state index >= 15 is 0 Å². The Labute approximate surface area is 127 Å². The van der Waals surface area contributed by atoms with Crippen molar-refractivity contribution in [2.75, 3.05) is 19.6 Å². The fourth-order valence-corrected chi connectivity index (χ4v) is 2.97. The van der Waals surface area contributed by atoms with E-state index in [4.69, 9.17) is 0 Å². The summed E-state index contributed by atoms with van der Waals surface area (Å²) in [6, 6.07) is 9.99. The zero-order valence-corrected chi connectivity index (χ0v) is 13.0. The van der Waals surface area contributed by atoms with Crippen molar-refractivity contribution in [1.82, 2.24) is 10.2 Å². The molecule has 0 bridgehead atoms. The number of carboxylic acid groups (broad SMARTS) is 1. The highest BCUT2D eigenvalue weighted by atomic mass is 16.4. The lowest BCUT2D eigenvalue weighted by Gasteiger charge is -2.40. The van der Waals surface area contributed by atoms with Crippen molar-refractivity contribution in [3.05, 3.63) is 35.9 Å². The minimum atomic E-state index is -0.774. The predicted molar refractivity (Wildman–Crippen MR) is 84.2 cm³/mol. The third kappa shape index (κ3) is 4.29. The Balaban J connectivity index is 1.94. The van der Waals surface area contributed by atoms with Gasteiger partial charge in [0, 0.05) is 26.2 Å². The molecule has 0 aromatic heterocycles. The topological polar surface area (TPSA) is 52.6 Å². The van der Waals surface area contributed by atoms with Crippen LogP contribution < -0.4 is 5.32 Å². The van der Waals surface area contributed by atoms with Crippen LogP contribution in [0.1, 0.15) is 32.3 Å². The Morgan fingerprint density at radius 3 is 2.43 bits per heavy atom. The molecule has 116 valence electrons. The molecule has 1 aliphatic rings. The first-order valence-electron chi connectivity index (χ1n) is 7.76. The van der Waals surface area contributed by atoms with Gasteiger partial charge in [-0.3, -0.25) is 10.1 Å². The van der Waals surface area contributed by atoms with Crippen LogP contribution in [0.2, 0.25) is 0 Å². The number of hydrogen-bond acceptors (Lipinski definition) is 3. The number of carboxylic acids is 1. The number of nitrogens with one attached hydrogen (secondary N) is 1. The summed E-state index contributed by atoms with van der Waals surface area (Å²) in [6.45, 7) is 7.77. The third-order valence-corrected chi connectivity index (χ3v) is 4.22. The van der Waals surface area contributed by atoms with Crippen molar-refractivity contribution >= 4 is 5.97 Å². The smallest absolute Gasteiger partial charge is 0.324 e. The van der Waals surface area contributed by atoms with Gasteiger partial charge in [-0.05, 0) is 24.3 Å². The molecule has 1 heterocycles. The van der Waals surface area contributed by atoms with Crippen LogP contribution in [0.15, 0.2) is 30.3 Å². The molecule has 0 aliphatic carbocycles. The molecule has 21 heavy (non-hydrogen) atoms. The van der Waals surface area contributed by atoms with Crippen molar-refractivity contribution in [1.29, 1.82) is 0 Å². The molecule has 0 unspecified atom stereocenters. The first-order valence-corrected chi connectivity index (χ1v) is 7.76. The normalized spacial score (nSPS) is 18.8. The second-order valence-electron chi connectivity index (χ2n) is 6.42. The van der Waals surface area contributed by atoms with E-state index in [-0.39, 0.29) is 0 Å². The molecule has 0 radical (unpaired) electrons. The Bertz CT molecular complexity index is 451. The average Bonchev–Trinajstić information content (AvgIpc) is 2.47. The third-order valence-electron chi connectivity index (χ3n) is 4.22. The minimum Gasteiger partial charge on any atom is -0.480 e. The van der Waals surface area contributed by atoms with Gasteiger partial charge in [0.25, 0.3) is 0 Å². The maximum Gasteiger partial charge on any atom is 0.324 e. The number of nitrogens with zero attached hydrogens (tertiary/aromatic N) is 1. The Morgan fingerprint density at radius 1 is 1.29 bits per heavy atom. The fourth-order valence-electron chi connectivity index (χ4n) is 2.97. The second kappa shape index (κ2) is 7.05. The van der Waals surface area contributed by atoms with Gasteiger partial charge in [0.1, 0.15) is 5.54 Å². The zero-order valence-electron chi connectivity index (χ0n) is 13.0. The summed E-state index contributed by atoms with van der Waals surface area (Å²) in [4.78, 5) is 14.1. The Hall–Kier alpha value is -1.39.